The van der Waals surface area contributed by atoms with E-state index in [1.165, 1.54) is 25.3 Å². The third kappa shape index (κ3) is 3.10. The molecule has 1 aromatic rings. The topological polar surface area (TPSA) is 30.5 Å². The third-order valence-electron chi connectivity index (χ3n) is 4.19. The lowest BCUT2D eigenvalue weighted by Crippen LogP contribution is -2.32. The van der Waals surface area contributed by atoms with E-state index in [0.29, 0.717) is 12.0 Å². The molecule has 0 bridgehead atoms. The monoisotopic (exact) mass is 283 g/mol. The van der Waals surface area contributed by atoms with Crippen LogP contribution in [0.15, 0.2) is 24.3 Å². The second kappa shape index (κ2) is 6.06. The predicted octanol–water partition coefficient (Wildman–Crippen LogP) is 3.12. The van der Waals surface area contributed by atoms with Crippen LogP contribution in [0.4, 0.5) is 8.78 Å². The Balaban J connectivity index is 1.69. The van der Waals surface area contributed by atoms with Crippen LogP contribution in [0.25, 0.3) is 0 Å². The highest BCUT2D eigenvalue weighted by molar-refractivity contribution is 5.30. The molecule has 1 heterocycles. The zero-order chi connectivity index (χ0) is 13.9. The third-order valence-corrected chi connectivity index (χ3v) is 4.19. The van der Waals surface area contributed by atoms with Crippen LogP contribution in [0.2, 0.25) is 0 Å². The van der Waals surface area contributed by atoms with Gasteiger partial charge in [-0.25, -0.2) is 0 Å². The van der Waals surface area contributed by atoms with Gasteiger partial charge in [0.05, 0.1) is 12.7 Å². The Bertz CT molecular complexity index is 441. The molecule has 1 aliphatic carbocycles. The highest BCUT2D eigenvalue weighted by Crippen LogP contribution is 2.32. The lowest BCUT2D eigenvalue weighted by Gasteiger charge is -2.17. The van der Waals surface area contributed by atoms with Crippen molar-refractivity contribution in [2.24, 2.45) is 5.92 Å². The van der Waals surface area contributed by atoms with Crippen LogP contribution in [0.5, 0.6) is 5.75 Å². The Morgan fingerprint density at radius 1 is 1.30 bits per heavy atom. The zero-order valence-corrected chi connectivity index (χ0v) is 11.2. The summed E-state index contributed by atoms with van der Waals surface area (Å²) < 4.78 is 34.9. The fourth-order valence-electron chi connectivity index (χ4n) is 3.17. The first-order chi connectivity index (χ1) is 9.72. The molecule has 1 saturated heterocycles. The van der Waals surface area contributed by atoms with E-state index in [1.807, 2.05) is 6.07 Å². The average molecular weight is 283 g/mol. The summed E-state index contributed by atoms with van der Waals surface area (Å²) in [6.45, 7) is -1.33. The molecular formula is C15H19F2NO2. The molecule has 3 nitrogen and oxygen atoms in total. The van der Waals surface area contributed by atoms with Crippen molar-refractivity contribution in [2.45, 2.75) is 38.0 Å². The molecule has 1 saturated carbocycles. The van der Waals surface area contributed by atoms with Crippen molar-refractivity contribution in [3.05, 3.63) is 29.8 Å². The van der Waals surface area contributed by atoms with Crippen molar-refractivity contribution in [1.29, 1.82) is 0 Å². The Morgan fingerprint density at radius 3 is 3.05 bits per heavy atom. The van der Waals surface area contributed by atoms with Crippen LogP contribution in [0.3, 0.4) is 0 Å². The van der Waals surface area contributed by atoms with Crippen molar-refractivity contribution in [3.8, 4) is 5.75 Å². The minimum absolute atomic E-state index is 0.0955. The second-order valence-corrected chi connectivity index (χ2v) is 5.48. The molecule has 2 fully saturated rings. The van der Waals surface area contributed by atoms with Gasteiger partial charge >= 0.3 is 6.61 Å². The smallest absolute Gasteiger partial charge is 0.387 e. The highest BCUT2D eigenvalue weighted by atomic mass is 19.3. The van der Waals surface area contributed by atoms with Crippen LogP contribution in [0, 0.1) is 5.92 Å². The summed E-state index contributed by atoms with van der Waals surface area (Å²) in [4.78, 5) is 0. The van der Waals surface area contributed by atoms with E-state index in [-0.39, 0.29) is 11.9 Å². The minimum Gasteiger partial charge on any atom is -0.435 e. The molecule has 1 N–H and O–H groups in total. The number of hydrogen-bond donors (Lipinski definition) is 1. The molecule has 0 aromatic heterocycles. The number of alkyl halides is 2. The fourth-order valence-corrected chi connectivity index (χ4v) is 3.17. The van der Waals surface area contributed by atoms with Gasteiger partial charge in [-0.1, -0.05) is 18.6 Å². The van der Waals surface area contributed by atoms with Gasteiger partial charge < -0.3 is 14.8 Å². The van der Waals surface area contributed by atoms with Gasteiger partial charge in [-0.05, 0) is 36.5 Å². The van der Waals surface area contributed by atoms with E-state index in [9.17, 15) is 8.78 Å². The fraction of sp³-hybridized carbons (Fsp3) is 0.600. The molecule has 0 radical (unpaired) electrons. The first-order valence-corrected chi connectivity index (χ1v) is 7.12. The quantitative estimate of drug-likeness (QED) is 0.924. The molecule has 1 aliphatic heterocycles. The van der Waals surface area contributed by atoms with Gasteiger partial charge in [-0.3, -0.25) is 0 Å². The molecule has 3 rings (SSSR count). The van der Waals surface area contributed by atoms with Crippen LogP contribution in [0.1, 0.15) is 30.9 Å². The molecular weight excluding hydrogens is 264 g/mol. The number of nitrogens with one attached hydrogen (secondary N) is 1. The van der Waals surface area contributed by atoms with Crippen molar-refractivity contribution in [2.75, 3.05) is 13.2 Å². The number of fused-ring (bicyclic) bond motifs is 1. The van der Waals surface area contributed by atoms with E-state index in [4.69, 9.17) is 4.74 Å². The van der Waals surface area contributed by atoms with Gasteiger partial charge in [-0.2, -0.15) is 8.78 Å². The molecule has 3 unspecified atom stereocenters. The molecule has 5 heteroatoms. The Kier molecular flexibility index (Phi) is 4.17. The van der Waals surface area contributed by atoms with Crippen LogP contribution < -0.4 is 10.1 Å². The van der Waals surface area contributed by atoms with Crippen LogP contribution in [-0.4, -0.2) is 25.8 Å². The van der Waals surface area contributed by atoms with Gasteiger partial charge in [0.1, 0.15) is 5.75 Å². The maximum Gasteiger partial charge on any atom is 0.387 e. The highest BCUT2D eigenvalue weighted by Gasteiger charge is 2.31. The normalized spacial score (nSPS) is 30.1. The van der Waals surface area contributed by atoms with E-state index in [1.54, 1.807) is 12.1 Å². The maximum atomic E-state index is 12.2. The van der Waals surface area contributed by atoms with Crippen LogP contribution in [-0.2, 0) is 4.74 Å². The lowest BCUT2D eigenvalue weighted by atomic mass is 10.1. The van der Waals surface area contributed by atoms with Crippen molar-refractivity contribution in [3.63, 3.8) is 0 Å². The SMILES string of the molecule is FC(F)Oc1cccc(C2CNC3CCCC3CO2)c1. The van der Waals surface area contributed by atoms with Gasteiger partial charge in [0.15, 0.2) is 0 Å². The summed E-state index contributed by atoms with van der Waals surface area (Å²) in [5.74, 6) is 0.769. The summed E-state index contributed by atoms with van der Waals surface area (Å²) in [5, 5.41) is 3.54. The number of halogens is 2. The maximum absolute atomic E-state index is 12.2. The summed E-state index contributed by atoms with van der Waals surface area (Å²) in [6.07, 6.45) is 3.57. The summed E-state index contributed by atoms with van der Waals surface area (Å²) in [5.41, 5.74) is 0.885. The first kappa shape index (κ1) is 13.8. The standard InChI is InChI=1S/C15H19F2NO2/c16-15(17)20-12-5-1-3-10(7-12)14-8-18-13-6-2-4-11(13)9-19-14/h1,3,5,7,11,13-15,18H,2,4,6,8-9H2. The van der Waals surface area contributed by atoms with E-state index in [0.717, 1.165) is 18.7 Å². The lowest BCUT2D eigenvalue weighted by molar-refractivity contribution is -0.0500. The van der Waals surface area contributed by atoms with Gasteiger partial charge in [0, 0.05) is 12.6 Å². The number of rotatable bonds is 3. The molecule has 20 heavy (non-hydrogen) atoms. The molecule has 0 amide bonds. The largest absolute Gasteiger partial charge is 0.435 e. The number of ether oxygens (including phenoxy) is 2. The van der Waals surface area contributed by atoms with Crippen molar-refractivity contribution >= 4 is 0 Å². The first-order valence-electron chi connectivity index (χ1n) is 7.12. The number of hydrogen-bond acceptors (Lipinski definition) is 3. The summed E-state index contributed by atoms with van der Waals surface area (Å²) in [6, 6.07) is 7.34. The van der Waals surface area contributed by atoms with E-state index in [2.05, 4.69) is 10.1 Å². The van der Waals surface area contributed by atoms with Crippen LogP contribution >= 0.6 is 0 Å². The predicted molar refractivity (Wildman–Crippen MR) is 70.9 cm³/mol. The van der Waals surface area contributed by atoms with E-state index >= 15 is 0 Å². The molecule has 3 atom stereocenters. The van der Waals surface area contributed by atoms with Gasteiger partial charge in [0.2, 0.25) is 0 Å². The summed E-state index contributed by atoms with van der Waals surface area (Å²) >= 11 is 0. The van der Waals surface area contributed by atoms with Gasteiger partial charge in [-0.15, -0.1) is 0 Å². The Labute approximate surface area is 117 Å². The van der Waals surface area contributed by atoms with Crippen molar-refractivity contribution in [1.82, 2.24) is 5.32 Å². The molecule has 110 valence electrons. The molecule has 1 aromatic carbocycles. The Morgan fingerprint density at radius 2 is 2.20 bits per heavy atom. The zero-order valence-electron chi connectivity index (χ0n) is 11.2. The Hall–Kier alpha value is -1.20. The van der Waals surface area contributed by atoms with Crippen molar-refractivity contribution < 1.29 is 18.3 Å². The minimum atomic E-state index is -2.79. The summed E-state index contributed by atoms with van der Waals surface area (Å²) in [7, 11) is 0. The van der Waals surface area contributed by atoms with Gasteiger partial charge in [0.25, 0.3) is 0 Å². The molecule has 2 aliphatic rings. The molecule has 0 spiro atoms. The number of benzene rings is 1. The van der Waals surface area contributed by atoms with E-state index < -0.39 is 6.61 Å². The average Bonchev–Trinajstić information content (AvgIpc) is 2.77. The second-order valence-electron chi connectivity index (χ2n) is 5.48.